The average Bonchev–Trinajstić information content (AvgIpc) is 3.08. The molecule has 6 heteroatoms. The lowest BCUT2D eigenvalue weighted by Crippen LogP contribution is -2.05. The molecule has 0 saturated carbocycles. The van der Waals surface area contributed by atoms with Gasteiger partial charge in [0.2, 0.25) is 6.79 Å². The summed E-state index contributed by atoms with van der Waals surface area (Å²) in [5.41, 5.74) is 3.34. The van der Waals surface area contributed by atoms with Gasteiger partial charge < -0.3 is 20.1 Å². The Morgan fingerprint density at radius 1 is 0.885 bits per heavy atom. The molecule has 132 valence electrons. The van der Waals surface area contributed by atoms with E-state index in [-0.39, 0.29) is 6.79 Å². The predicted molar refractivity (Wildman–Crippen MR) is 101 cm³/mol. The van der Waals surface area contributed by atoms with Crippen molar-refractivity contribution in [3.63, 3.8) is 0 Å². The van der Waals surface area contributed by atoms with Crippen LogP contribution < -0.4 is 20.1 Å². The van der Waals surface area contributed by atoms with Crippen LogP contribution in [0, 0.1) is 13.8 Å². The maximum absolute atomic E-state index is 5.41. The van der Waals surface area contributed by atoms with Gasteiger partial charge in [0.25, 0.3) is 0 Å². The molecule has 0 amide bonds. The van der Waals surface area contributed by atoms with Gasteiger partial charge in [-0.05, 0) is 31.5 Å². The van der Waals surface area contributed by atoms with Gasteiger partial charge in [-0.3, -0.25) is 0 Å². The third-order valence-corrected chi connectivity index (χ3v) is 4.08. The maximum atomic E-state index is 5.41. The van der Waals surface area contributed by atoms with Crippen LogP contribution in [0.25, 0.3) is 0 Å². The number of hydrogen-bond donors (Lipinski definition) is 2. The first-order chi connectivity index (χ1) is 12.7. The first-order valence-electron chi connectivity index (χ1n) is 8.47. The van der Waals surface area contributed by atoms with Crippen molar-refractivity contribution < 1.29 is 9.47 Å². The van der Waals surface area contributed by atoms with E-state index in [0.717, 1.165) is 28.8 Å². The smallest absolute Gasteiger partial charge is 0.231 e. The fraction of sp³-hybridized carbons (Fsp3) is 0.200. The third kappa shape index (κ3) is 3.69. The molecule has 0 aliphatic carbocycles. The minimum Gasteiger partial charge on any atom is -0.454 e. The Bertz CT molecular complexity index is 926. The Morgan fingerprint density at radius 3 is 2.50 bits per heavy atom. The standard InChI is InChI=1S/C20H20N4O2/c1-13-3-5-15(6-4-13)11-21-19-10-20(23-14(2)22-19)24-16-7-8-17-18(9-16)26-12-25-17/h3-10H,11-12H2,1-2H3,(H2,21,22,23,24). The van der Waals surface area contributed by atoms with Crippen molar-refractivity contribution in [2.45, 2.75) is 20.4 Å². The number of anilines is 3. The van der Waals surface area contributed by atoms with E-state index in [2.05, 4.69) is 51.8 Å². The summed E-state index contributed by atoms with van der Waals surface area (Å²) in [7, 11) is 0. The van der Waals surface area contributed by atoms with Gasteiger partial charge in [0.1, 0.15) is 17.5 Å². The Morgan fingerprint density at radius 2 is 1.65 bits per heavy atom. The fourth-order valence-electron chi connectivity index (χ4n) is 2.74. The van der Waals surface area contributed by atoms with Gasteiger partial charge in [-0.25, -0.2) is 9.97 Å². The molecule has 0 unspecified atom stereocenters. The molecule has 0 radical (unpaired) electrons. The van der Waals surface area contributed by atoms with Crippen LogP contribution in [0.4, 0.5) is 17.3 Å². The van der Waals surface area contributed by atoms with Gasteiger partial charge in [-0.1, -0.05) is 29.8 Å². The zero-order chi connectivity index (χ0) is 17.9. The van der Waals surface area contributed by atoms with E-state index in [4.69, 9.17) is 9.47 Å². The Labute approximate surface area is 152 Å². The molecular weight excluding hydrogens is 328 g/mol. The number of aryl methyl sites for hydroxylation is 2. The van der Waals surface area contributed by atoms with E-state index >= 15 is 0 Å². The quantitative estimate of drug-likeness (QED) is 0.721. The number of nitrogens with one attached hydrogen (secondary N) is 2. The van der Waals surface area contributed by atoms with E-state index in [9.17, 15) is 0 Å². The third-order valence-electron chi connectivity index (χ3n) is 4.08. The molecule has 1 aliphatic rings. The summed E-state index contributed by atoms with van der Waals surface area (Å²) in [6.07, 6.45) is 0. The number of fused-ring (bicyclic) bond motifs is 1. The molecule has 2 aromatic carbocycles. The molecule has 4 rings (SSSR count). The van der Waals surface area contributed by atoms with Gasteiger partial charge in [0.05, 0.1) is 0 Å². The Balaban J connectivity index is 1.48. The van der Waals surface area contributed by atoms with Gasteiger partial charge in [0.15, 0.2) is 11.5 Å². The predicted octanol–water partition coefficient (Wildman–Crippen LogP) is 4.18. The Hall–Kier alpha value is -3.28. The molecule has 0 atom stereocenters. The molecule has 0 fully saturated rings. The highest BCUT2D eigenvalue weighted by Gasteiger charge is 2.13. The fourth-order valence-corrected chi connectivity index (χ4v) is 2.74. The first kappa shape index (κ1) is 16.2. The normalized spacial score (nSPS) is 12.1. The number of rotatable bonds is 5. The van der Waals surface area contributed by atoms with Crippen LogP contribution in [0.5, 0.6) is 11.5 Å². The summed E-state index contributed by atoms with van der Waals surface area (Å²) in [6.45, 7) is 4.93. The highest BCUT2D eigenvalue weighted by atomic mass is 16.7. The second kappa shape index (κ2) is 6.92. The van der Waals surface area contributed by atoms with Crippen molar-refractivity contribution in [1.82, 2.24) is 9.97 Å². The van der Waals surface area contributed by atoms with Crippen LogP contribution in [0.3, 0.4) is 0 Å². The summed E-state index contributed by atoms with van der Waals surface area (Å²) in [4.78, 5) is 8.91. The minimum absolute atomic E-state index is 0.262. The molecule has 2 N–H and O–H groups in total. The first-order valence-corrected chi connectivity index (χ1v) is 8.47. The van der Waals surface area contributed by atoms with Crippen molar-refractivity contribution in [3.05, 3.63) is 65.5 Å². The molecule has 1 aliphatic heterocycles. The van der Waals surface area contributed by atoms with Gasteiger partial charge >= 0.3 is 0 Å². The minimum atomic E-state index is 0.262. The van der Waals surface area contributed by atoms with E-state index < -0.39 is 0 Å². The van der Waals surface area contributed by atoms with Gasteiger partial charge in [-0.15, -0.1) is 0 Å². The van der Waals surface area contributed by atoms with Crippen molar-refractivity contribution in [2.24, 2.45) is 0 Å². The zero-order valence-electron chi connectivity index (χ0n) is 14.7. The van der Waals surface area contributed by atoms with Crippen LogP contribution >= 0.6 is 0 Å². The number of nitrogens with zero attached hydrogens (tertiary/aromatic N) is 2. The highest BCUT2D eigenvalue weighted by molar-refractivity contribution is 5.63. The molecule has 0 bridgehead atoms. The van der Waals surface area contributed by atoms with E-state index in [1.807, 2.05) is 31.2 Å². The van der Waals surface area contributed by atoms with Crippen molar-refractivity contribution in [2.75, 3.05) is 17.4 Å². The number of benzene rings is 2. The number of hydrogen-bond acceptors (Lipinski definition) is 6. The van der Waals surface area contributed by atoms with Crippen LogP contribution in [-0.4, -0.2) is 16.8 Å². The molecule has 3 aromatic rings. The number of ether oxygens (including phenoxy) is 2. The summed E-state index contributed by atoms with van der Waals surface area (Å²) >= 11 is 0. The molecule has 6 nitrogen and oxygen atoms in total. The van der Waals surface area contributed by atoms with Crippen LogP contribution in [0.1, 0.15) is 17.0 Å². The molecular formula is C20H20N4O2. The largest absolute Gasteiger partial charge is 0.454 e. The highest BCUT2D eigenvalue weighted by Crippen LogP contribution is 2.35. The Kier molecular flexibility index (Phi) is 4.31. The lowest BCUT2D eigenvalue weighted by Gasteiger charge is -2.11. The summed E-state index contributed by atoms with van der Waals surface area (Å²) < 4.78 is 10.8. The zero-order valence-corrected chi connectivity index (χ0v) is 14.7. The topological polar surface area (TPSA) is 68.3 Å². The lowest BCUT2D eigenvalue weighted by molar-refractivity contribution is 0.174. The van der Waals surface area contributed by atoms with Crippen molar-refractivity contribution >= 4 is 17.3 Å². The summed E-state index contributed by atoms with van der Waals surface area (Å²) in [6, 6.07) is 16.1. The van der Waals surface area contributed by atoms with Crippen LogP contribution in [0.15, 0.2) is 48.5 Å². The molecule has 2 heterocycles. The lowest BCUT2D eigenvalue weighted by atomic mass is 10.1. The summed E-state index contributed by atoms with van der Waals surface area (Å²) in [5, 5.41) is 6.65. The second-order valence-electron chi connectivity index (χ2n) is 6.22. The van der Waals surface area contributed by atoms with Crippen molar-refractivity contribution in [3.8, 4) is 11.5 Å². The van der Waals surface area contributed by atoms with E-state index in [0.29, 0.717) is 12.4 Å². The number of aromatic nitrogens is 2. The second-order valence-corrected chi connectivity index (χ2v) is 6.22. The monoisotopic (exact) mass is 348 g/mol. The summed E-state index contributed by atoms with van der Waals surface area (Å²) in [5.74, 6) is 3.69. The SMILES string of the molecule is Cc1ccc(CNc2cc(Nc3ccc4c(c3)OCO4)nc(C)n2)cc1. The molecule has 26 heavy (non-hydrogen) atoms. The molecule has 0 spiro atoms. The molecule has 0 saturated heterocycles. The maximum Gasteiger partial charge on any atom is 0.231 e. The van der Waals surface area contributed by atoms with Crippen molar-refractivity contribution in [1.29, 1.82) is 0 Å². The van der Waals surface area contributed by atoms with Gasteiger partial charge in [-0.2, -0.15) is 0 Å². The molecule has 1 aromatic heterocycles. The van der Waals surface area contributed by atoms with Crippen LogP contribution in [-0.2, 0) is 6.54 Å². The average molecular weight is 348 g/mol. The van der Waals surface area contributed by atoms with Crippen LogP contribution in [0.2, 0.25) is 0 Å². The van der Waals surface area contributed by atoms with Gasteiger partial charge in [0, 0.05) is 24.4 Å². The van der Waals surface area contributed by atoms with E-state index in [1.165, 1.54) is 11.1 Å². The van der Waals surface area contributed by atoms with E-state index in [1.54, 1.807) is 0 Å².